The first-order valence-corrected chi connectivity index (χ1v) is 9.16. The van der Waals surface area contributed by atoms with E-state index in [4.69, 9.17) is 11.6 Å². The second kappa shape index (κ2) is 7.03. The molecule has 2 aromatic rings. The number of rotatable bonds is 3. The zero-order valence-corrected chi connectivity index (χ0v) is 15.5. The zero-order valence-electron chi connectivity index (χ0n) is 12.8. The van der Waals surface area contributed by atoms with Gasteiger partial charge in [-0.3, -0.25) is 4.72 Å². The van der Waals surface area contributed by atoms with Gasteiger partial charge in [-0.15, -0.1) is 9.24 Å². The van der Waals surface area contributed by atoms with Gasteiger partial charge in [0.25, 0.3) is 10.0 Å². The Morgan fingerprint density at radius 2 is 1.59 bits per heavy atom. The van der Waals surface area contributed by atoms with Gasteiger partial charge >= 0.3 is 12.4 Å². The number of hydrogen-bond donors (Lipinski definition) is 2. The Labute approximate surface area is 156 Å². The minimum Gasteiger partial charge on any atom is -0.507 e. The van der Waals surface area contributed by atoms with Gasteiger partial charge in [-0.1, -0.05) is 11.6 Å². The summed E-state index contributed by atoms with van der Waals surface area (Å²) in [5.74, 6) is -1.23. The third kappa shape index (κ3) is 4.77. The summed E-state index contributed by atoms with van der Waals surface area (Å²) < 4.78 is 103. The molecule has 1 atom stereocenters. The highest BCUT2D eigenvalue weighted by molar-refractivity contribution is 7.93. The Hall–Kier alpha value is -1.71. The Kier molecular flexibility index (Phi) is 5.62. The molecule has 2 N–H and O–H groups in total. The van der Waals surface area contributed by atoms with Crippen molar-refractivity contribution in [2.75, 3.05) is 4.72 Å². The van der Waals surface area contributed by atoms with Gasteiger partial charge < -0.3 is 5.11 Å². The summed E-state index contributed by atoms with van der Waals surface area (Å²) in [4.78, 5) is -0.707. The van der Waals surface area contributed by atoms with Gasteiger partial charge in [0, 0.05) is 6.07 Å². The lowest BCUT2D eigenvalue weighted by molar-refractivity contribution is -0.139. The van der Waals surface area contributed by atoms with Crippen molar-refractivity contribution in [2.45, 2.75) is 17.2 Å². The van der Waals surface area contributed by atoms with Gasteiger partial charge in [0.1, 0.15) is 10.6 Å². The number of phenols is 1. The standard InChI is InChI=1S/C14H9ClF6NO3PS/c15-9-3-6(13(16,17)18)4-11(26)12(9)27(24,25)22-7-1-2-8(10(23)5-7)14(19,20)21/h1-5,22-23H,26H2. The van der Waals surface area contributed by atoms with Crippen LogP contribution in [0, 0.1) is 0 Å². The summed E-state index contributed by atoms with van der Waals surface area (Å²) >= 11 is 5.68. The number of alkyl halides is 6. The maximum absolute atomic E-state index is 12.7. The lowest BCUT2D eigenvalue weighted by Gasteiger charge is -2.15. The molecule has 4 nitrogen and oxygen atoms in total. The van der Waals surface area contributed by atoms with Crippen LogP contribution in [0.15, 0.2) is 35.2 Å². The highest BCUT2D eigenvalue weighted by atomic mass is 35.5. The molecule has 1 unspecified atom stereocenters. The first-order chi connectivity index (χ1) is 12.1. The summed E-state index contributed by atoms with van der Waals surface area (Å²) in [6, 6.07) is 2.65. The molecule has 13 heteroatoms. The largest absolute Gasteiger partial charge is 0.507 e. The molecule has 0 aromatic heterocycles. The van der Waals surface area contributed by atoms with E-state index in [1.807, 2.05) is 4.72 Å². The van der Waals surface area contributed by atoms with E-state index in [0.29, 0.717) is 24.3 Å². The highest BCUT2D eigenvalue weighted by Gasteiger charge is 2.35. The molecule has 0 spiro atoms. The summed E-state index contributed by atoms with van der Waals surface area (Å²) in [5.41, 5.74) is -3.01. The Morgan fingerprint density at radius 1 is 1.00 bits per heavy atom. The molecular weight excluding hydrogens is 443 g/mol. The van der Waals surface area contributed by atoms with Crippen LogP contribution in [0.5, 0.6) is 5.75 Å². The third-order valence-corrected chi connectivity index (χ3v) is 5.80. The zero-order chi connectivity index (χ0) is 20.8. The molecule has 0 aliphatic heterocycles. The first kappa shape index (κ1) is 21.6. The molecule has 0 saturated carbocycles. The number of nitrogens with one attached hydrogen (secondary N) is 1. The van der Waals surface area contributed by atoms with Crippen molar-refractivity contribution in [3.05, 3.63) is 46.5 Å². The fourth-order valence-corrected chi connectivity index (χ4v) is 4.75. The molecule has 0 saturated heterocycles. The number of anilines is 1. The molecule has 0 amide bonds. The number of sulfonamides is 1. The number of aromatic hydroxyl groups is 1. The lowest BCUT2D eigenvalue weighted by Crippen LogP contribution is -2.21. The monoisotopic (exact) mass is 451 g/mol. The van der Waals surface area contributed by atoms with E-state index < -0.39 is 60.2 Å². The van der Waals surface area contributed by atoms with Crippen molar-refractivity contribution < 1.29 is 39.9 Å². The van der Waals surface area contributed by atoms with Crippen molar-refractivity contribution in [3.63, 3.8) is 0 Å². The van der Waals surface area contributed by atoms with Crippen LogP contribution < -0.4 is 10.0 Å². The molecule has 0 aliphatic rings. The van der Waals surface area contributed by atoms with Gasteiger partial charge in [-0.2, -0.15) is 26.3 Å². The van der Waals surface area contributed by atoms with Crippen LogP contribution in [0.2, 0.25) is 5.02 Å². The predicted octanol–water partition coefficient (Wildman–Crippen LogP) is 4.38. The average molecular weight is 452 g/mol. The van der Waals surface area contributed by atoms with Crippen LogP contribution in [-0.4, -0.2) is 13.5 Å². The lowest BCUT2D eigenvalue weighted by atomic mass is 10.2. The van der Waals surface area contributed by atoms with Crippen molar-refractivity contribution in [1.29, 1.82) is 0 Å². The van der Waals surface area contributed by atoms with Gasteiger partial charge in [-0.25, -0.2) is 8.42 Å². The van der Waals surface area contributed by atoms with Crippen LogP contribution in [-0.2, 0) is 22.4 Å². The van der Waals surface area contributed by atoms with Crippen molar-refractivity contribution in [2.24, 2.45) is 0 Å². The second-order valence-corrected chi connectivity index (χ2v) is 7.86. The molecule has 0 radical (unpaired) electrons. The van der Waals surface area contributed by atoms with E-state index in [1.165, 1.54) is 0 Å². The fraction of sp³-hybridized carbons (Fsp3) is 0.143. The Bertz CT molecular complexity index is 968. The topological polar surface area (TPSA) is 66.4 Å². The van der Waals surface area contributed by atoms with Crippen LogP contribution in [0.4, 0.5) is 32.0 Å². The van der Waals surface area contributed by atoms with Crippen LogP contribution in [0.1, 0.15) is 11.1 Å². The van der Waals surface area contributed by atoms with E-state index in [9.17, 15) is 39.9 Å². The van der Waals surface area contributed by atoms with Gasteiger partial charge in [0.15, 0.2) is 0 Å². The predicted molar refractivity (Wildman–Crippen MR) is 89.7 cm³/mol. The molecule has 27 heavy (non-hydrogen) atoms. The minimum atomic E-state index is -4.86. The second-order valence-electron chi connectivity index (χ2n) is 5.21. The Morgan fingerprint density at radius 3 is 2.04 bits per heavy atom. The fourth-order valence-electron chi connectivity index (χ4n) is 2.10. The van der Waals surface area contributed by atoms with E-state index >= 15 is 0 Å². The van der Waals surface area contributed by atoms with Crippen molar-refractivity contribution >= 4 is 41.9 Å². The van der Waals surface area contributed by atoms with E-state index in [-0.39, 0.29) is 0 Å². The van der Waals surface area contributed by atoms with Crippen LogP contribution >= 0.6 is 20.8 Å². The van der Waals surface area contributed by atoms with Gasteiger partial charge in [0.2, 0.25) is 0 Å². The molecule has 0 bridgehead atoms. The summed E-state index contributed by atoms with van der Waals surface area (Å²) in [5, 5.41) is 8.28. The number of hydrogen-bond acceptors (Lipinski definition) is 3. The summed E-state index contributed by atoms with van der Waals surface area (Å²) in [6.45, 7) is 0. The quantitative estimate of drug-likeness (QED) is 0.537. The highest BCUT2D eigenvalue weighted by Crippen LogP contribution is 2.38. The minimum absolute atomic E-state index is 0.404. The van der Waals surface area contributed by atoms with Crippen molar-refractivity contribution in [1.82, 2.24) is 0 Å². The van der Waals surface area contributed by atoms with E-state index in [2.05, 4.69) is 0 Å². The number of halogens is 7. The normalized spacial score (nSPS) is 12.9. The van der Waals surface area contributed by atoms with E-state index in [0.717, 1.165) is 6.07 Å². The molecule has 148 valence electrons. The SMILES string of the molecule is O=S(=O)(Nc1ccc(C(F)(F)F)c(O)c1)c1c(P)cc(C(F)(F)F)cc1Cl. The molecule has 2 aromatic carbocycles. The van der Waals surface area contributed by atoms with Gasteiger partial charge in [0.05, 0.1) is 21.8 Å². The number of phenolic OH excluding ortho intramolecular Hbond substituents is 1. The van der Waals surface area contributed by atoms with Crippen molar-refractivity contribution in [3.8, 4) is 5.75 Å². The van der Waals surface area contributed by atoms with Crippen LogP contribution in [0.3, 0.4) is 0 Å². The van der Waals surface area contributed by atoms with E-state index in [1.54, 1.807) is 9.24 Å². The maximum atomic E-state index is 12.7. The first-order valence-electron chi connectivity index (χ1n) is 6.72. The maximum Gasteiger partial charge on any atom is 0.419 e. The summed E-state index contributed by atoms with van der Waals surface area (Å²) in [7, 11) is -2.77. The smallest absolute Gasteiger partial charge is 0.419 e. The molecule has 0 aliphatic carbocycles. The molecule has 0 fully saturated rings. The average Bonchev–Trinajstić information content (AvgIpc) is 2.43. The van der Waals surface area contributed by atoms with Gasteiger partial charge in [-0.05, 0) is 29.6 Å². The molecule has 0 heterocycles. The third-order valence-electron chi connectivity index (χ3n) is 3.22. The molecule has 2 rings (SSSR count). The number of benzene rings is 2. The summed E-state index contributed by atoms with van der Waals surface area (Å²) in [6.07, 6.45) is -9.62. The molecular formula is C14H9ClF6NO3PS. The van der Waals surface area contributed by atoms with Crippen LogP contribution in [0.25, 0.3) is 0 Å². The Balaban J connectivity index is 2.45.